The summed E-state index contributed by atoms with van der Waals surface area (Å²) in [6.45, 7) is 0. The van der Waals surface area contributed by atoms with Gasteiger partial charge in [0.1, 0.15) is 17.2 Å². The Morgan fingerprint density at radius 2 is 1.77 bits per heavy atom. The number of aromatic amines is 1. The summed E-state index contributed by atoms with van der Waals surface area (Å²) in [6.07, 6.45) is 0. The van der Waals surface area contributed by atoms with Crippen LogP contribution in [0.25, 0.3) is 50.6 Å². The Morgan fingerprint density at radius 3 is 2.57 bits per heavy atom. The molecular weight excluding hydrogens is 427 g/mol. The first-order valence-electron chi connectivity index (χ1n) is 8.81. The van der Waals surface area contributed by atoms with E-state index in [-0.39, 0.29) is 11.3 Å². The Bertz CT molecular complexity index is 1570. The number of hydrogen-bond donors (Lipinski definition) is 2. The third-order valence-electron chi connectivity index (χ3n) is 4.82. The van der Waals surface area contributed by atoms with Crippen molar-refractivity contribution >= 4 is 62.5 Å². The van der Waals surface area contributed by atoms with Crippen molar-refractivity contribution in [3.05, 3.63) is 52.5 Å². The molecule has 0 fully saturated rings. The molecule has 0 spiro atoms. The number of aromatic nitrogens is 7. The van der Waals surface area contributed by atoms with Crippen LogP contribution in [-0.4, -0.2) is 34.8 Å². The summed E-state index contributed by atoms with van der Waals surface area (Å²) in [7, 11) is 0. The Balaban J connectivity index is 1.75. The average molecular weight is 437 g/mol. The lowest BCUT2D eigenvalue weighted by Gasteiger charge is -2.09. The maximum Gasteiger partial charge on any atom is 0.245 e. The fourth-order valence-corrected chi connectivity index (χ4v) is 4.00. The van der Waals surface area contributed by atoms with Gasteiger partial charge >= 0.3 is 0 Å². The van der Waals surface area contributed by atoms with Gasteiger partial charge in [-0.3, -0.25) is 4.57 Å². The first-order chi connectivity index (χ1) is 14.6. The second-order valence-corrected chi connectivity index (χ2v) is 7.44. The van der Waals surface area contributed by atoms with Crippen LogP contribution in [0.4, 0.5) is 5.82 Å². The van der Waals surface area contributed by atoms with Gasteiger partial charge in [-0.1, -0.05) is 35.3 Å². The number of fused-ring (bicyclic) bond motifs is 3. The van der Waals surface area contributed by atoms with E-state index in [0.717, 1.165) is 11.0 Å². The van der Waals surface area contributed by atoms with Crippen LogP contribution in [0.15, 0.2) is 47.1 Å². The maximum absolute atomic E-state index is 6.61. The summed E-state index contributed by atoms with van der Waals surface area (Å²) in [6, 6.07) is 12.8. The molecule has 0 radical (unpaired) electrons. The van der Waals surface area contributed by atoms with Crippen LogP contribution in [0.3, 0.4) is 0 Å². The van der Waals surface area contributed by atoms with E-state index in [2.05, 4.69) is 30.2 Å². The molecule has 0 saturated heterocycles. The van der Waals surface area contributed by atoms with E-state index in [0.29, 0.717) is 44.1 Å². The summed E-state index contributed by atoms with van der Waals surface area (Å²) in [5, 5.41) is 8.51. The highest BCUT2D eigenvalue weighted by molar-refractivity contribution is 6.36. The summed E-state index contributed by atoms with van der Waals surface area (Å²) in [5.74, 6) is 0.908. The molecule has 0 atom stereocenters. The Morgan fingerprint density at radius 1 is 0.967 bits per heavy atom. The SMILES string of the molecule is Nc1c(-c2nc3ccccc3[nH]2)c2nc3nonc3nc2n1-c1ccc(Cl)cc1Cl. The van der Waals surface area contributed by atoms with Crippen LogP contribution in [0.2, 0.25) is 10.0 Å². The lowest BCUT2D eigenvalue weighted by atomic mass is 10.2. The molecule has 4 aromatic heterocycles. The highest BCUT2D eigenvalue weighted by atomic mass is 35.5. The van der Waals surface area contributed by atoms with E-state index >= 15 is 0 Å². The average Bonchev–Trinajstić information content (AvgIpc) is 3.41. The predicted molar refractivity (Wildman–Crippen MR) is 114 cm³/mol. The Kier molecular flexibility index (Phi) is 3.53. The lowest BCUT2D eigenvalue weighted by Crippen LogP contribution is -2.02. The molecule has 0 aliphatic carbocycles. The maximum atomic E-state index is 6.61. The monoisotopic (exact) mass is 436 g/mol. The predicted octanol–water partition coefficient (Wildman–Crippen LogP) is 4.39. The van der Waals surface area contributed by atoms with Crippen molar-refractivity contribution in [2.75, 3.05) is 5.73 Å². The number of nitrogens with zero attached hydrogens (tertiary/aromatic N) is 6. The molecule has 11 heteroatoms. The molecule has 30 heavy (non-hydrogen) atoms. The molecule has 6 aromatic rings. The first-order valence-corrected chi connectivity index (χ1v) is 9.56. The van der Waals surface area contributed by atoms with Crippen molar-refractivity contribution in [3.63, 3.8) is 0 Å². The second-order valence-electron chi connectivity index (χ2n) is 6.60. The molecule has 9 nitrogen and oxygen atoms in total. The van der Waals surface area contributed by atoms with E-state index in [4.69, 9.17) is 33.6 Å². The van der Waals surface area contributed by atoms with Crippen molar-refractivity contribution in [2.24, 2.45) is 0 Å². The zero-order chi connectivity index (χ0) is 20.4. The highest BCUT2D eigenvalue weighted by Gasteiger charge is 2.25. The van der Waals surface area contributed by atoms with Gasteiger partial charge in [-0.25, -0.2) is 19.6 Å². The molecule has 6 rings (SSSR count). The molecular formula is C19H10Cl2N8O. The number of halogens is 2. The molecule has 0 saturated carbocycles. The van der Waals surface area contributed by atoms with Crippen molar-refractivity contribution in [3.8, 4) is 17.1 Å². The summed E-state index contributed by atoms with van der Waals surface area (Å²) >= 11 is 12.5. The number of hydrogen-bond acceptors (Lipinski definition) is 7. The Hall–Kier alpha value is -3.69. The molecule has 0 aliphatic rings. The van der Waals surface area contributed by atoms with Crippen molar-refractivity contribution in [2.45, 2.75) is 0 Å². The zero-order valence-electron chi connectivity index (χ0n) is 15.0. The number of nitrogens with two attached hydrogens (primary N) is 1. The fraction of sp³-hybridized carbons (Fsp3) is 0. The van der Waals surface area contributed by atoms with E-state index in [9.17, 15) is 0 Å². The molecule has 4 heterocycles. The van der Waals surface area contributed by atoms with Gasteiger partial charge in [-0.2, -0.15) is 0 Å². The Labute approximate surface area is 177 Å². The zero-order valence-corrected chi connectivity index (χ0v) is 16.5. The van der Waals surface area contributed by atoms with E-state index < -0.39 is 0 Å². The van der Waals surface area contributed by atoms with Crippen LogP contribution in [0.5, 0.6) is 0 Å². The van der Waals surface area contributed by atoms with Crippen molar-refractivity contribution in [1.82, 2.24) is 34.8 Å². The van der Waals surface area contributed by atoms with Gasteiger partial charge in [-0.05, 0) is 40.6 Å². The van der Waals surface area contributed by atoms with Gasteiger partial charge in [0.2, 0.25) is 11.3 Å². The standard InChI is InChI=1S/C19H10Cl2N8O/c20-8-5-6-12(9(21)7-8)29-15(22)13(16-23-10-3-1-2-4-11(10)24-16)14-19(29)26-18-17(25-14)27-30-28-18/h1-7H,22H2,(H,23,24). The molecule has 0 amide bonds. The number of imidazole rings is 1. The van der Waals surface area contributed by atoms with Crippen LogP contribution in [-0.2, 0) is 0 Å². The second kappa shape index (κ2) is 6.15. The van der Waals surface area contributed by atoms with Crippen molar-refractivity contribution < 1.29 is 4.63 Å². The third kappa shape index (κ3) is 2.39. The number of nitrogens with one attached hydrogen (secondary N) is 1. The summed E-state index contributed by atoms with van der Waals surface area (Å²) in [4.78, 5) is 17.1. The first kappa shape index (κ1) is 17.2. The molecule has 146 valence electrons. The number of para-hydroxylation sites is 2. The van der Waals surface area contributed by atoms with Gasteiger partial charge in [0.15, 0.2) is 5.65 Å². The number of nitrogen functional groups attached to an aromatic ring is 1. The topological polar surface area (TPSA) is 124 Å². The van der Waals surface area contributed by atoms with E-state index in [1.807, 2.05) is 24.3 Å². The number of anilines is 1. The minimum absolute atomic E-state index is 0.252. The van der Waals surface area contributed by atoms with Gasteiger partial charge in [0.25, 0.3) is 0 Å². The van der Waals surface area contributed by atoms with Gasteiger partial charge in [-0.15, -0.1) is 0 Å². The van der Waals surface area contributed by atoms with Crippen LogP contribution in [0.1, 0.15) is 0 Å². The molecule has 2 aromatic carbocycles. The van der Waals surface area contributed by atoms with E-state index in [1.165, 1.54) is 0 Å². The number of rotatable bonds is 2. The largest absolute Gasteiger partial charge is 0.384 e. The molecule has 0 aliphatic heterocycles. The summed E-state index contributed by atoms with van der Waals surface area (Å²) < 4.78 is 6.47. The molecule has 3 N–H and O–H groups in total. The van der Waals surface area contributed by atoms with Crippen molar-refractivity contribution in [1.29, 1.82) is 0 Å². The summed E-state index contributed by atoms with van der Waals surface area (Å²) in [5.41, 5.74) is 10.9. The molecule has 0 bridgehead atoms. The van der Waals surface area contributed by atoms with Crippen LogP contribution >= 0.6 is 23.2 Å². The quantitative estimate of drug-likeness (QED) is 0.412. The molecule has 0 unspecified atom stereocenters. The smallest absolute Gasteiger partial charge is 0.245 e. The van der Waals surface area contributed by atoms with Crippen LogP contribution in [0, 0.1) is 0 Å². The normalized spacial score (nSPS) is 11.8. The van der Waals surface area contributed by atoms with Gasteiger partial charge < -0.3 is 10.7 Å². The van der Waals surface area contributed by atoms with E-state index in [1.54, 1.807) is 22.8 Å². The van der Waals surface area contributed by atoms with Gasteiger partial charge in [0, 0.05) is 5.02 Å². The van der Waals surface area contributed by atoms with Crippen LogP contribution < -0.4 is 5.73 Å². The number of H-pyrrole nitrogens is 1. The fourth-order valence-electron chi connectivity index (χ4n) is 3.51. The third-order valence-corrected chi connectivity index (χ3v) is 5.36. The van der Waals surface area contributed by atoms with Gasteiger partial charge in [0.05, 0.1) is 27.3 Å². The highest BCUT2D eigenvalue weighted by Crippen LogP contribution is 2.39. The number of benzene rings is 2. The lowest BCUT2D eigenvalue weighted by molar-refractivity contribution is 0.314. The minimum Gasteiger partial charge on any atom is -0.384 e. The minimum atomic E-state index is 0.252.